The molecule has 2 aliphatic carbocycles. The van der Waals surface area contributed by atoms with Crippen molar-refractivity contribution in [3.05, 3.63) is 33.3 Å². The Bertz CT molecular complexity index is 492. The van der Waals surface area contributed by atoms with Crippen molar-refractivity contribution in [1.82, 2.24) is 0 Å². The minimum Gasteiger partial charge on any atom is -0.381 e. The van der Waals surface area contributed by atoms with Gasteiger partial charge >= 0.3 is 0 Å². The minimum absolute atomic E-state index is 0.0880. The number of anilines is 1. The van der Waals surface area contributed by atoms with Crippen LogP contribution in [-0.2, 0) is 0 Å². The molecule has 0 heterocycles. The average Bonchev–Trinajstić information content (AvgIpc) is 2.93. The maximum absolute atomic E-state index is 10.8. The van der Waals surface area contributed by atoms with Gasteiger partial charge in [0.1, 0.15) is 0 Å². The van der Waals surface area contributed by atoms with Crippen LogP contribution in [0.3, 0.4) is 0 Å². The summed E-state index contributed by atoms with van der Waals surface area (Å²) in [6.45, 7) is 0. The lowest BCUT2D eigenvalue weighted by Crippen LogP contribution is -2.25. The Balaban J connectivity index is 1.79. The summed E-state index contributed by atoms with van der Waals surface area (Å²) in [4.78, 5) is 10.4. The molecule has 1 N–H and O–H groups in total. The number of hydrogen-bond acceptors (Lipinski definition) is 3. The number of fused-ring (bicyclic) bond motifs is 2. The zero-order valence-electron chi connectivity index (χ0n) is 9.93. The maximum Gasteiger partial charge on any atom is 0.271 e. The van der Waals surface area contributed by atoms with Crippen LogP contribution < -0.4 is 5.32 Å². The molecule has 2 saturated carbocycles. The third kappa shape index (κ3) is 2.05. The quantitative estimate of drug-likeness (QED) is 0.668. The second-order valence-corrected chi connectivity index (χ2v) is 5.75. The SMILES string of the molecule is O=[N+]([O-])c1ccc(Cl)c(NC2CC3CCC2C3)c1. The van der Waals surface area contributed by atoms with Gasteiger partial charge in [-0.25, -0.2) is 0 Å². The normalized spacial score (nSPS) is 29.5. The van der Waals surface area contributed by atoms with E-state index in [0.717, 1.165) is 5.92 Å². The highest BCUT2D eigenvalue weighted by Gasteiger charge is 2.39. The highest BCUT2D eigenvalue weighted by atomic mass is 35.5. The first-order valence-corrected chi connectivity index (χ1v) is 6.72. The fourth-order valence-corrected chi connectivity index (χ4v) is 3.53. The van der Waals surface area contributed by atoms with E-state index < -0.39 is 0 Å². The van der Waals surface area contributed by atoms with Crippen LogP contribution >= 0.6 is 11.6 Å². The highest BCUT2D eigenvalue weighted by Crippen LogP contribution is 2.46. The number of nitro groups is 1. The van der Waals surface area contributed by atoms with E-state index in [4.69, 9.17) is 11.6 Å². The van der Waals surface area contributed by atoms with Gasteiger partial charge in [0.05, 0.1) is 15.6 Å². The Morgan fingerprint density at radius 1 is 1.33 bits per heavy atom. The van der Waals surface area contributed by atoms with E-state index in [0.29, 0.717) is 22.7 Å². The summed E-state index contributed by atoms with van der Waals surface area (Å²) in [5.74, 6) is 1.55. The molecule has 3 unspecified atom stereocenters. The van der Waals surface area contributed by atoms with Crippen LogP contribution in [-0.4, -0.2) is 11.0 Å². The molecule has 1 aromatic rings. The molecular formula is C13H15ClN2O2. The van der Waals surface area contributed by atoms with Crippen LogP contribution in [0, 0.1) is 22.0 Å². The van der Waals surface area contributed by atoms with Crippen molar-refractivity contribution < 1.29 is 4.92 Å². The Hall–Kier alpha value is -1.29. The molecule has 3 atom stereocenters. The van der Waals surface area contributed by atoms with Gasteiger partial charge in [0.15, 0.2) is 0 Å². The highest BCUT2D eigenvalue weighted by molar-refractivity contribution is 6.33. The van der Waals surface area contributed by atoms with Crippen molar-refractivity contribution in [3.63, 3.8) is 0 Å². The summed E-state index contributed by atoms with van der Waals surface area (Å²) < 4.78 is 0. The standard InChI is InChI=1S/C13H15ClN2O2/c14-11-4-3-10(16(17)18)7-13(11)15-12-6-8-1-2-9(12)5-8/h3-4,7-9,12,15H,1-2,5-6H2. The summed E-state index contributed by atoms with van der Waals surface area (Å²) >= 11 is 6.10. The Morgan fingerprint density at radius 3 is 2.78 bits per heavy atom. The second kappa shape index (κ2) is 4.43. The van der Waals surface area contributed by atoms with Gasteiger partial charge in [-0.3, -0.25) is 10.1 Å². The van der Waals surface area contributed by atoms with E-state index in [1.165, 1.54) is 37.8 Å². The second-order valence-electron chi connectivity index (χ2n) is 5.35. The number of benzene rings is 1. The summed E-state index contributed by atoms with van der Waals surface area (Å²) in [6.07, 6.45) is 5.08. The first-order chi connectivity index (χ1) is 8.63. The topological polar surface area (TPSA) is 55.2 Å². The van der Waals surface area contributed by atoms with E-state index in [2.05, 4.69) is 5.32 Å². The van der Waals surface area contributed by atoms with Gasteiger partial charge in [0.25, 0.3) is 5.69 Å². The summed E-state index contributed by atoms with van der Waals surface area (Å²) in [5, 5.41) is 14.7. The zero-order valence-corrected chi connectivity index (χ0v) is 10.7. The van der Waals surface area contributed by atoms with Crippen molar-refractivity contribution in [3.8, 4) is 0 Å². The molecule has 5 heteroatoms. The number of rotatable bonds is 3. The molecule has 0 aromatic heterocycles. The molecule has 2 bridgehead atoms. The number of hydrogen-bond donors (Lipinski definition) is 1. The summed E-state index contributed by atoms with van der Waals surface area (Å²) in [7, 11) is 0. The lowest BCUT2D eigenvalue weighted by molar-refractivity contribution is -0.384. The average molecular weight is 267 g/mol. The van der Waals surface area contributed by atoms with Crippen molar-refractivity contribution in [2.75, 3.05) is 5.32 Å². The first kappa shape index (κ1) is 11.8. The van der Waals surface area contributed by atoms with Crippen LogP contribution in [0.25, 0.3) is 0 Å². The van der Waals surface area contributed by atoms with E-state index in [9.17, 15) is 10.1 Å². The van der Waals surface area contributed by atoms with Gasteiger partial charge < -0.3 is 5.32 Å². The van der Waals surface area contributed by atoms with Crippen LogP contribution in [0.15, 0.2) is 18.2 Å². The summed E-state index contributed by atoms with van der Waals surface area (Å²) in [6, 6.07) is 5.00. The van der Waals surface area contributed by atoms with Gasteiger partial charge in [-0.2, -0.15) is 0 Å². The summed E-state index contributed by atoms with van der Waals surface area (Å²) in [5.41, 5.74) is 0.786. The Morgan fingerprint density at radius 2 is 2.17 bits per heavy atom. The van der Waals surface area contributed by atoms with Crippen molar-refractivity contribution in [2.45, 2.75) is 31.7 Å². The van der Waals surface area contributed by atoms with Crippen LogP contribution in [0.5, 0.6) is 0 Å². The maximum atomic E-state index is 10.8. The largest absolute Gasteiger partial charge is 0.381 e. The Labute approximate surface area is 110 Å². The van der Waals surface area contributed by atoms with Crippen LogP contribution in [0.4, 0.5) is 11.4 Å². The van der Waals surface area contributed by atoms with Gasteiger partial charge in [-0.05, 0) is 37.2 Å². The van der Waals surface area contributed by atoms with Crippen molar-refractivity contribution in [1.29, 1.82) is 0 Å². The molecule has 0 saturated heterocycles. The van der Waals surface area contributed by atoms with Gasteiger partial charge in [-0.15, -0.1) is 0 Å². The van der Waals surface area contributed by atoms with Gasteiger partial charge in [0, 0.05) is 18.2 Å². The number of nitrogens with one attached hydrogen (secondary N) is 1. The van der Waals surface area contributed by atoms with Crippen molar-refractivity contribution >= 4 is 23.0 Å². The Kier molecular flexibility index (Phi) is 2.90. The van der Waals surface area contributed by atoms with E-state index in [-0.39, 0.29) is 10.6 Å². The van der Waals surface area contributed by atoms with Crippen molar-refractivity contribution in [2.24, 2.45) is 11.8 Å². The zero-order chi connectivity index (χ0) is 12.7. The van der Waals surface area contributed by atoms with Gasteiger partial charge in [0.2, 0.25) is 0 Å². The first-order valence-electron chi connectivity index (χ1n) is 6.34. The lowest BCUT2D eigenvalue weighted by Gasteiger charge is -2.24. The molecule has 4 nitrogen and oxygen atoms in total. The number of nitrogens with zero attached hydrogens (tertiary/aromatic N) is 1. The third-order valence-corrected chi connectivity index (χ3v) is 4.57. The van der Waals surface area contributed by atoms with E-state index >= 15 is 0 Å². The molecule has 0 amide bonds. The van der Waals surface area contributed by atoms with Crippen LogP contribution in [0.1, 0.15) is 25.7 Å². The van der Waals surface area contributed by atoms with Crippen LogP contribution in [0.2, 0.25) is 5.02 Å². The molecule has 0 spiro atoms. The molecule has 0 aliphatic heterocycles. The monoisotopic (exact) mass is 266 g/mol. The number of non-ortho nitro benzene ring substituents is 1. The molecule has 2 fully saturated rings. The van der Waals surface area contributed by atoms with Gasteiger partial charge in [-0.1, -0.05) is 18.0 Å². The number of nitro benzene ring substituents is 1. The molecule has 1 aromatic carbocycles. The fraction of sp³-hybridized carbons (Fsp3) is 0.538. The molecule has 96 valence electrons. The fourth-order valence-electron chi connectivity index (χ4n) is 3.36. The molecule has 0 radical (unpaired) electrons. The van der Waals surface area contributed by atoms with E-state index in [1.807, 2.05) is 0 Å². The predicted molar refractivity (Wildman–Crippen MR) is 71.0 cm³/mol. The molecule has 3 rings (SSSR count). The predicted octanol–water partition coefficient (Wildman–Crippen LogP) is 3.85. The third-order valence-electron chi connectivity index (χ3n) is 4.24. The van der Waals surface area contributed by atoms with E-state index in [1.54, 1.807) is 6.07 Å². The minimum atomic E-state index is -0.387. The smallest absolute Gasteiger partial charge is 0.271 e. The molecule has 2 aliphatic rings. The molecular weight excluding hydrogens is 252 g/mol. The number of halogens is 1. The molecule has 18 heavy (non-hydrogen) atoms. The lowest BCUT2D eigenvalue weighted by atomic mass is 9.95.